The van der Waals surface area contributed by atoms with Crippen molar-refractivity contribution in [3.8, 4) is 11.5 Å². The summed E-state index contributed by atoms with van der Waals surface area (Å²) in [6, 6.07) is 2.87. The Morgan fingerprint density at radius 1 is 0.842 bits per heavy atom. The van der Waals surface area contributed by atoms with Crippen LogP contribution in [0.3, 0.4) is 0 Å². The quantitative estimate of drug-likeness (QED) is 0.756. The summed E-state index contributed by atoms with van der Waals surface area (Å²) >= 11 is 0. The van der Waals surface area contributed by atoms with E-state index in [0.29, 0.717) is 0 Å². The van der Waals surface area contributed by atoms with E-state index in [9.17, 15) is 26.3 Å². The summed E-state index contributed by atoms with van der Waals surface area (Å²) < 4.78 is 80.4. The zero-order valence-corrected chi connectivity index (χ0v) is 9.89. The van der Waals surface area contributed by atoms with Crippen molar-refractivity contribution in [1.82, 2.24) is 0 Å². The monoisotopic (exact) mass is 288 g/mol. The maximum atomic E-state index is 12.2. The molecule has 0 saturated carbocycles. The molecule has 0 saturated heterocycles. The van der Waals surface area contributed by atoms with Crippen LogP contribution in [0.1, 0.15) is 25.3 Å². The summed E-state index contributed by atoms with van der Waals surface area (Å²) in [5.41, 5.74) is -0.294. The second-order valence-electron chi connectivity index (χ2n) is 3.92. The number of benzene rings is 1. The van der Waals surface area contributed by atoms with Crippen LogP contribution in [-0.4, -0.2) is 12.7 Å². The molecule has 1 aromatic rings. The van der Waals surface area contributed by atoms with E-state index in [0.717, 1.165) is 18.2 Å². The summed E-state index contributed by atoms with van der Waals surface area (Å²) in [6.07, 6.45) is -9.97. The van der Waals surface area contributed by atoms with E-state index >= 15 is 0 Å². The van der Waals surface area contributed by atoms with Crippen LogP contribution in [0, 0.1) is 0 Å². The van der Waals surface area contributed by atoms with Crippen molar-refractivity contribution < 1.29 is 35.8 Å². The largest absolute Gasteiger partial charge is 0.573 e. The molecule has 2 nitrogen and oxygen atoms in total. The van der Waals surface area contributed by atoms with E-state index in [1.165, 1.54) is 13.8 Å². The van der Waals surface area contributed by atoms with Crippen molar-refractivity contribution in [1.29, 1.82) is 0 Å². The van der Waals surface area contributed by atoms with E-state index in [-0.39, 0.29) is 5.56 Å². The minimum absolute atomic E-state index is 0.294. The first-order valence-electron chi connectivity index (χ1n) is 5.14. The maximum Gasteiger partial charge on any atom is 0.573 e. The molecule has 0 unspecified atom stereocenters. The van der Waals surface area contributed by atoms with Gasteiger partial charge in [0, 0.05) is 5.56 Å². The van der Waals surface area contributed by atoms with Crippen LogP contribution < -0.4 is 9.47 Å². The normalized spacial score (nSPS) is 12.7. The molecule has 8 heteroatoms. The van der Waals surface area contributed by atoms with Gasteiger partial charge in [-0.3, -0.25) is 0 Å². The molecule has 0 aliphatic heterocycles. The van der Waals surface area contributed by atoms with Gasteiger partial charge in [-0.2, -0.15) is 0 Å². The summed E-state index contributed by atoms with van der Waals surface area (Å²) in [5.74, 6) is -2.05. The van der Waals surface area contributed by atoms with Crippen molar-refractivity contribution >= 4 is 0 Å². The van der Waals surface area contributed by atoms with Crippen molar-refractivity contribution in [2.45, 2.75) is 32.5 Å². The highest BCUT2D eigenvalue weighted by Gasteiger charge is 2.36. The Morgan fingerprint density at radius 3 is 1.47 bits per heavy atom. The molecular weight excluding hydrogens is 278 g/mol. The minimum atomic E-state index is -4.99. The SMILES string of the molecule is CC(C)c1c(OC(F)(F)F)cccc1OC(F)(F)F. The average Bonchev–Trinajstić information content (AvgIpc) is 2.11. The molecule has 1 rings (SSSR count). The minimum Gasteiger partial charge on any atom is -0.405 e. The molecule has 0 aromatic heterocycles. The predicted molar refractivity (Wildman–Crippen MR) is 53.9 cm³/mol. The standard InChI is InChI=1S/C11H10F6O2/c1-6(2)9-7(18-10(12,13)14)4-3-5-8(9)19-11(15,16)17/h3-6H,1-2H3. The van der Waals surface area contributed by atoms with Gasteiger partial charge in [-0.1, -0.05) is 19.9 Å². The number of halogens is 6. The Labute approximate surface area is 104 Å². The molecule has 0 bridgehead atoms. The zero-order chi connectivity index (χ0) is 14.8. The fourth-order valence-corrected chi connectivity index (χ4v) is 1.52. The van der Waals surface area contributed by atoms with Gasteiger partial charge in [0.1, 0.15) is 11.5 Å². The van der Waals surface area contributed by atoms with Crippen molar-refractivity contribution in [3.05, 3.63) is 23.8 Å². The topological polar surface area (TPSA) is 18.5 Å². The lowest BCUT2D eigenvalue weighted by molar-refractivity contribution is -0.277. The molecule has 108 valence electrons. The molecule has 0 amide bonds. The lowest BCUT2D eigenvalue weighted by Crippen LogP contribution is -2.21. The molecule has 0 atom stereocenters. The van der Waals surface area contributed by atoms with Gasteiger partial charge in [0.2, 0.25) is 0 Å². The van der Waals surface area contributed by atoms with E-state index in [1.54, 1.807) is 0 Å². The van der Waals surface area contributed by atoms with Gasteiger partial charge in [0.15, 0.2) is 0 Å². The van der Waals surface area contributed by atoms with Gasteiger partial charge in [-0.05, 0) is 18.1 Å². The molecule has 0 radical (unpaired) electrons. The molecular formula is C11H10F6O2. The Balaban J connectivity index is 3.22. The van der Waals surface area contributed by atoms with Crippen molar-refractivity contribution in [3.63, 3.8) is 0 Å². The zero-order valence-electron chi connectivity index (χ0n) is 9.89. The van der Waals surface area contributed by atoms with Crippen LogP contribution in [-0.2, 0) is 0 Å². The third kappa shape index (κ3) is 4.88. The maximum absolute atomic E-state index is 12.2. The van der Waals surface area contributed by atoms with Crippen LogP contribution in [0.5, 0.6) is 11.5 Å². The van der Waals surface area contributed by atoms with Crippen LogP contribution in [0.2, 0.25) is 0 Å². The first-order valence-corrected chi connectivity index (χ1v) is 5.14. The lowest BCUT2D eigenvalue weighted by Gasteiger charge is -2.19. The molecule has 0 aliphatic carbocycles. The number of ether oxygens (including phenoxy) is 2. The van der Waals surface area contributed by atoms with Gasteiger partial charge in [-0.15, -0.1) is 26.3 Å². The van der Waals surface area contributed by atoms with E-state index in [2.05, 4.69) is 9.47 Å². The van der Waals surface area contributed by atoms with Gasteiger partial charge in [0.05, 0.1) is 0 Å². The highest BCUT2D eigenvalue weighted by Crippen LogP contribution is 2.39. The molecule has 19 heavy (non-hydrogen) atoms. The van der Waals surface area contributed by atoms with Gasteiger partial charge in [-0.25, -0.2) is 0 Å². The molecule has 0 fully saturated rings. The average molecular weight is 288 g/mol. The van der Waals surface area contributed by atoms with Crippen LogP contribution in [0.4, 0.5) is 26.3 Å². The number of hydrogen-bond donors (Lipinski definition) is 0. The molecule has 0 heterocycles. The first-order chi connectivity index (χ1) is 8.49. The summed E-state index contributed by atoms with van der Waals surface area (Å²) in [4.78, 5) is 0. The summed E-state index contributed by atoms with van der Waals surface area (Å²) in [7, 11) is 0. The first kappa shape index (κ1) is 15.5. The second-order valence-corrected chi connectivity index (χ2v) is 3.92. The third-order valence-corrected chi connectivity index (χ3v) is 2.05. The summed E-state index contributed by atoms with van der Waals surface area (Å²) in [5, 5.41) is 0. The van der Waals surface area contributed by atoms with Gasteiger partial charge >= 0.3 is 12.7 Å². The smallest absolute Gasteiger partial charge is 0.405 e. The predicted octanol–water partition coefficient (Wildman–Crippen LogP) is 4.61. The Hall–Kier alpha value is -1.60. The van der Waals surface area contributed by atoms with Crippen LogP contribution in [0.25, 0.3) is 0 Å². The Morgan fingerprint density at radius 2 is 1.21 bits per heavy atom. The van der Waals surface area contributed by atoms with E-state index in [4.69, 9.17) is 0 Å². The molecule has 0 spiro atoms. The Bertz CT molecular complexity index is 402. The number of alkyl halides is 6. The fourth-order valence-electron chi connectivity index (χ4n) is 1.52. The van der Waals surface area contributed by atoms with Crippen LogP contribution >= 0.6 is 0 Å². The Kier molecular flexibility index (Phi) is 4.21. The molecule has 1 aromatic carbocycles. The molecule has 0 N–H and O–H groups in total. The molecule has 0 aliphatic rings. The third-order valence-electron chi connectivity index (χ3n) is 2.05. The van der Waals surface area contributed by atoms with Gasteiger partial charge in [0.25, 0.3) is 0 Å². The van der Waals surface area contributed by atoms with Gasteiger partial charge < -0.3 is 9.47 Å². The summed E-state index contributed by atoms with van der Waals surface area (Å²) in [6.45, 7) is 2.86. The van der Waals surface area contributed by atoms with Crippen molar-refractivity contribution in [2.75, 3.05) is 0 Å². The van der Waals surface area contributed by atoms with Crippen LogP contribution in [0.15, 0.2) is 18.2 Å². The number of hydrogen-bond acceptors (Lipinski definition) is 2. The van der Waals surface area contributed by atoms with E-state index in [1.807, 2.05) is 0 Å². The lowest BCUT2D eigenvalue weighted by atomic mass is 10.0. The van der Waals surface area contributed by atoms with E-state index < -0.39 is 30.1 Å². The number of rotatable bonds is 3. The highest BCUT2D eigenvalue weighted by atomic mass is 19.4. The highest BCUT2D eigenvalue weighted by molar-refractivity contribution is 5.47. The fraction of sp³-hybridized carbons (Fsp3) is 0.455. The van der Waals surface area contributed by atoms with Crippen molar-refractivity contribution in [2.24, 2.45) is 0 Å². The second kappa shape index (κ2) is 5.18.